The molecule has 34 heavy (non-hydrogen) atoms. The Labute approximate surface area is 201 Å². The molecule has 1 aliphatic heterocycles. The first-order valence-corrected chi connectivity index (χ1v) is 12.5. The van der Waals surface area contributed by atoms with E-state index >= 15 is 0 Å². The van der Waals surface area contributed by atoms with Gasteiger partial charge in [-0.1, -0.05) is 71.1 Å². The lowest BCUT2D eigenvalue weighted by atomic mass is 9.91. The van der Waals surface area contributed by atoms with Crippen molar-refractivity contribution in [3.8, 4) is 0 Å². The van der Waals surface area contributed by atoms with Gasteiger partial charge in [0.05, 0.1) is 18.8 Å². The van der Waals surface area contributed by atoms with Crippen LogP contribution in [0.15, 0.2) is 30.3 Å². The zero-order valence-corrected chi connectivity index (χ0v) is 20.9. The Kier molecular flexibility index (Phi) is 6.83. The molecule has 0 saturated heterocycles. The molecule has 1 aliphatic carbocycles. The molecular weight excluding hydrogens is 431 g/mol. The summed E-state index contributed by atoms with van der Waals surface area (Å²) in [5.41, 5.74) is 0.211. The predicted molar refractivity (Wildman–Crippen MR) is 130 cm³/mol. The summed E-state index contributed by atoms with van der Waals surface area (Å²) < 4.78 is 16.2. The van der Waals surface area contributed by atoms with Gasteiger partial charge in [0.2, 0.25) is 5.91 Å². The van der Waals surface area contributed by atoms with Gasteiger partial charge in [-0.15, -0.1) is 0 Å². The standard InChI is InChI=1S/C27H37FN4O2/c1-26(2,3)23-16-22-24(33)31(17-19-12-10-11-15-21(19)28)27(4,18-32(22)30-23)25(34)29-20-13-8-6-5-7-9-14-20/h10-12,15-16,20H,5-9,13-14,17-18H2,1-4H3,(H,29,34)/t27-/m0/s1. The van der Waals surface area contributed by atoms with Crippen molar-refractivity contribution < 1.29 is 14.0 Å². The van der Waals surface area contributed by atoms with Crippen LogP contribution in [0.3, 0.4) is 0 Å². The second kappa shape index (κ2) is 9.51. The number of halogens is 1. The average molecular weight is 469 g/mol. The second-order valence-electron chi connectivity index (χ2n) is 11.1. The third-order valence-electron chi connectivity index (χ3n) is 7.28. The first-order valence-electron chi connectivity index (χ1n) is 12.5. The molecule has 1 N–H and O–H groups in total. The number of nitrogens with one attached hydrogen (secondary N) is 1. The largest absolute Gasteiger partial charge is 0.351 e. The smallest absolute Gasteiger partial charge is 0.273 e. The molecule has 0 bridgehead atoms. The fourth-order valence-corrected chi connectivity index (χ4v) is 4.99. The lowest BCUT2D eigenvalue weighted by molar-refractivity contribution is -0.134. The molecule has 4 rings (SSSR count). The van der Waals surface area contributed by atoms with E-state index in [0.717, 1.165) is 31.4 Å². The van der Waals surface area contributed by atoms with Crippen LogP contribution in [0.25, 0.3) is 0 Å². The average Bonchev–Trinajstić information content (AvgIpc) is 3.18. The lowest BCUT2D eigenvalue weighted by Crippen LogP contribution is -2.64. The van der Waals surface area contributed by atoms with E-state index < -0.39 is 5.54 Å². The van der Waals surface area contributed by atoms with Crippen molar-refractivity contribution in [3.05, 3.63) is 53.1 Å². The summed E-state index contributed by atoms with van der Waals surface area (Å²) in [7, 11) is 0. The van der Waals surface area contributed by atoms with Crippen LogP contribution in [0.1, 0.15) is 94.4 Å². The molecule has 6 nitrogen and oxygen atoms in total. The third-order valence-corrected chi connectivity index (χ3v) is 7.28. The minimum absolute atomic E-state index is 0.0239. The number of fused-ring (bicyclic) bond motifs is 1. The molecule has 1 atom stereocenters. The summed E-state index contributed by atoms with van der Waals surface area (Å²) in [5.74, 6) is -0.874. The monoisotopic (exact) mass is 468 g/mol. The van der Waals surface area contributed by atoms with E-state index in [9.17, 15) is 14.0 Å². The fourth-order valence-electron chi connectivity index (χ4n) is 4.99. The molecule has 184 valence electrons. The van der Waals surface area contributed by atoms with Crippen LogP contribution in [-0.2, 0) is 23.3 Å². The second-order valence-corrected chi connectivity index (χ2v) is 11.1. The van der Waals surface area contributed by atoms with Crippen LogP contribution in [0.2, 0.25) is 0 Å². The van der Waals surface area contributed by atoms with Gasteiger partial charge < -0.3 is 10.2 Å². The maximum absolute atomic E-state index is 14.6. The van der Waals surface area contributed by atoms with Gasteiger partial charge in [0, 0.05) is 17.0 Å². The van der Waals surface area contributed by atoms with Crippen molar-refractivity contribution >= 4 is 11.8 Å². The summed E-state index contributed by atoms with van der Waals surface area (Å²) in [4.78, 5) is 29.1. The van der Waals surface area contributed by atoms with Crippen LogP contribution in [-0.4, -0.2) is 38.1 Å². The van der Waals surface area contributed by atoms with Crippen molar-refractivity contribution in [1.82, 2.24) is 20.0 Å². The highest BCUT2D eigenvalue weighted by molar-refractivity contribution is 5.99. The number of benzene rings is 1. The highest BCUT2D eigenvalue weighted by atomic mass is 19.1. The van der Waals surface area contributed by atoms with Gasteiger partial charge in [-0.25, -0.2) is 4.39 Å². The van der Waals surface area contributed by atoms with E-state index in [0.29, 0.717) is 11.3 Å². The molecule has 2 heterocycles. The Morgan fingerprint density at radius 1 is 1.15 bits per heavy atom. The Bertz CT molecular complexity index is 1050. The highest BCUT2D eigenvalue weighted by Crippen LogP contribution is 2.32. The SMILES string of the molecule is CC(C)(C)c1cc2n(n1)C[C@@](C)(C(=O)NC1CCCCCCC1)N(Cc1ccccc1F)C2=O. The number of hydrogen-bond acceptors (Lipinski definition) is 3. The molecule has 0 unspecified atom stereocenters. The summed E-state index contributed by atoms with van der Waals surface area (Å²) in [5, 5.41) is 7.95. The van der Waals surface area contributed by atoms with Crippen LogP contribution < -0.4 is 5.32 Å². The lowest BCUT2D eigenvalue weighted by Gasteiger charge is -2.44. The molecule has 0 radical (unpaired) electrons. The van der Waals surface area contributed by atoms with Gasteiger partial charge in [0.25, 0.3) is 5.91 Å². The minimum atomic E-state index is -1.18. The molecule has 1 aromatic carbocycles. The molecule has 7 heteroatoms. The number of nitrogens with zero attached hydrogens (tertiary/aromatic N) is 3. The molecule has 0 spiro atoms. The maximum atomic E-state index is 14.6. The first-order chi connectivity index (χ1) is 16.1. The van der Waals surface area contributed by atoms with E-state index in [4.69, 9.17) is 5.10 Å². The van der Waals surface area contributed by atoms with Crippen molar-refractivity contribution in [2.45, 2.75) is 103 Å². The quantitative estimate of drug-likeness (QED) is 0.689. The molecule has 2 aliphatic rings. The number of rotatable bonds is 4. The molecule has 1 aromatic heterocycles. The highest BCUT2D eigenvalue weighted by Gasteiger charge is 2.48. The van der Waals surface area contributed by atoms with Gasteiger partial charge in [-0.05, 0) is 31.9 Å². The molecule has 2 aromatic rings. The van der Waals surface area contributed by atoms with E-state index in [1.54, 1.807) is 29.8 Å². The van der Waals surface area contributed by atoms with Gasteiger partial charge in [-0.2, -0.15) is 5.10 Å². The topological polar surface area (TPSA) is 67.2 Å². The molecule has 1 fully saturated rings. The maximum Gasteiger partial charge on any atom is 0.273 e. The van der Waals surface area contributed by atoms with Crippen molar-refractivity contribution in [2.24, 2.45) is 0 Å². The third kappa shape index (κ3) is 4.89. The number of hydrogen-bond donors (Lipinski definition) is 1. The zero-order chi connectivity index (χ0) is 24.5. The Morgan fingerprint density at radius 2 is 1.79 bits per heavy atom. The van der Waals surface area contributed by atoms with Crippen molar-refractivity contribution in [2.75, 3.05) is 0 Å². The van der Waals surface area contributed by atoms with E-state index in [1.807, 2.05) is 26.8 Å². The normalized spacial score (nSPS) is 22.1. The molecular formula is C27H37FN4O2. The van der Waals surface area contributed by atoms with Gasteiger partial charge in [0.15, 0.2) is 0 Å². The van der Waals surface area contributed by atoms with E-state index in [2.05, 4.69) is 5.32 Å². The zero-order valence-electron chi connectivity index (χ0n) is 20.9. The summed E-state index contributed by atoms with van der Waals surface area (Å²) in [6.45, 7) is 8.18. The summed E-state index contributed by atoms with van der Waals surface area (Å²) >= 11 is 0. The van der Waals surface area contributed by atoms with Crippen LogP contribution in [0, 0.1) is 5.82 Å². The molecule has 2 amide bonds. The number of carbonyl (C=O) groups excluding carboxylic acids is 2. The fraction of sp³-hybridized carbons (Fsp3) is 0.593. The number of amides is 2. The van der Waals surface area contributed by atoms with E-state index in [1.165, 1.54) is 30.2 Å². The van der Waals surface area contributed by atoms with Crippen molar-refractivity contribution in [3.63, 3.8) is 0 Å². The number of carbonyl (C=O) groups is 2. The van der Waals surface area contributed by atoms with Crippen LogP contribution in [0.4, 0.5) is 4.39 Å². The van der Waals surface area contributed by atoms with Gasteiger partial charge >= 0.3 is 0 Å². The minimum Gasteiger partial charge on any atom is -0.351 e. The predicted octanol–water partition coefficient (Wildman–Crippen LogP) is 4.96. The Hall–Kier alpha value is -2.70. The van der Waals surface area contributed by atoms with Crippen LogP contribution in [0.5, 0.6) is 0 Å². The number of aromatic nitrogens is 2. The van der Waals surface area contributed by atoms with Gasteiger partial charge in [-0.3, -0.25) is 14.3 Å². The summed E-state index contributed by atoms with van der Waals surface area (Å²) in [6, 6.07) is 8.34. The summed E-state index contributed by atoms with van der Waals surface area (Å²) in [6.07, 6.45) is 7.72. The van der Waals surface area contributed by atoms with Crippen molar-refractivity contribution in [1.29, 1.82) is 0 Å². The van der Waals surface area contributed by atoms with Gasteiger partial charge in [0.1, 0.15) is 17.1 Å². The van der Waals surface area contributed by atoms with Crippen LogP contribution >= 0.6 is 0 Å². The first kappa shape index (κ1) is 24.4. The van der Waals surface area contributed by atoms with E-state index in [-0.39, 0.29) is 42.2 Å². The Balaban J connectivity index is 1.69. The Morgan fingerprint density at radius 3 is 2.44 bits per heavy atom. The molecule has 1 saturated carbocycles.